The molecule has 3 nitrogen and oxygen atoms in total. The summed E-state index contributed by atoms with van der Waals surface area (Å²) in [6.45, 7) is 0. The van der Waals surface area contributed by atoms with Gasteiger partial charge in [-0.25, -0.2) is 0 Å². The zero-order valence-electron chi connectivity index (χ0n) is 7.53. The minimum Gasteiger partial charge on any atom is -0.468 e. The van der Waals surface area contributed by atoms with E-state index in [0.717, 1.165) is 6.42 Å². The Morgan fingerprint density at radius 1 is 1.62 bits per heavy atom. The first-order valence-corrected chi connectivity index (χ1v) is 4.51. The van der Waals surface area contributed by atoms with Crippen molar-refractivity contribution in [3.05, 3.63) is 12.2 Å². The molecule has 1 fully saturated rings. The van der Waals surface area contributed by atoms with Crippen LogP contribution in [0.1, 0.15) is 12.8 Å². The van der Waals surface area contributed by atoms with Crippen molar-refractivity contribution in [2.75, 3.05) is 7.11 Å². The molecule has 0 amide bonds. The summed E-state index contributed by atoms with van der Waals surface area (Å²) in [4.78, 5) is 22.7. The van der Waals surface area contributed by atoms with Gasteiger partial charge in [0, 0.05) is 12.3 Å². The standard InChI is InChI=1S/C10H12O3/c1-13-10(12)9-7-4-2-3-6(7)5-8(9)11/h2,4,6-7,9H,3,5H2,1H3/t6-,7-,9?/m0/s1. The largest absolute Gasteiger partial charge is 0.468 e. The molecule has 1 unspecified atom stereocenters. The number of methoxy groups -OCH3 is 1. The Kier molecular flexibility index (Phi) is 1.94. The molecule has 0 spiro atoms. The topological polar surface area (TPSA) is 43.4 Å². The quantitative estimate of drug-likeness (QED) is 0.342. The molecule has 0 radical (unpaired) electrons. The number of carbonyl (C=O) groups excluding carboxylic acids is 2. The minimum atomic E-state index is -0.520. The van der Waals surface area contributed by atoms with Gasteiger partial charge in [0.15, 0.2) is 0 Å². The summed E-state index contributed by atoms with van der Waals surface area (Å²) in [6, 6.07) is 0. The van der Waals surface area contributed by atoms with Gasteiger partial charge in [0.1, 0.15) is 11.7 Å². The van der Waals surface area contributed by atoms with Crippen LogP contribution in [-0.2, 0) is 14.3 Å². The van der Waals surface area contributed by atoms with Crippen LogP contribution < -0.4 is 0 Å². The number of allylic oxidation sites excluding steroid dienone is 2. The Labute approximate surface area is 76.8 Å². The van der Waals surface area contributed by atoms with Crippen molar-refractivity contribution < 1.29 is 14.3 Å². The second-order valence-corrected chi connectivity index (χ2v) is 3.67. The summed E-state index contributed by atoms with van der Waals surface area (Å²) in [6.07, 6.45) is 5.51. The van der Waals surface area contributed by atoms with Crippen molar-refractivity contribution in [1.82, 2.24) is 0 Å². The molecule has 13 heavy (non-hydrogen) atoms. The first-order chi connectivity index (χ1) is 6.24. The molecule has 0 saturated heterocycles. The summed E-state index contributed by atoms with van der Waals surface area (Å²) in [5, 5.41) is 0. The van der Waals surface area contributed by atoms with Crippen LogP contribution in [0.5, 0.6) is 0 Å². The average molecular weight is 180 g/mol. The van der Waals surface area contributed by atoms with Gasteiger partial charge in [0.25, 0.3) is 0 Å². The van der Waals surface area contributed by atoms with Gasteiger partial charge in [-0.3, -0.25) is 9.59 Å². The van der Waals surface area contributed by atoms with Gasteiger partial charge < -0.3 is 4.74 Å². The van der Waals surface area contributed by atoms with E-state index < -0.39 is 5.92 Å². The van der Waals surface area contributed by atoms with Crippen molar-refractivity contribution in [2.24, 2.45) is 17.8 Å². The normalized spacial score (nSPS) is 36.4. The van der Waals surface area contributed by atoms with Crippen LogP contribution >= 0.6 is 0 Å². The van der Waals surface area contributed by atoms with E-state index in [4.69, 9.17) is 0 Å². The second kappa shape index (κ2) is 2.98. The molecule has 3 heteroatoms. The fourth-order valence-electron chi connectivity index (χ4n) is 2.34. The molecule has 0 heterocycles. The van der Waals surface area contributed by atoms with Gasteiger partial charge in [-0.05, 0) is 12.3 Å². The monoisotopic (exact) mass is 180 g/mol. The molecule has 70 valence electrons. The number of rotatable bonds is 1. The van der Waals surface area contributed by atoms with E-state index in [1.165, 1.54) is 7.11 Å². The van der Waals surface area contributed by atoms with Gasteiger partial charge in [-0.15, -0.1) is 0 Å². The molecule has 0 aromatic carbocycles. The van der Waals surface area contributed by atoms with Gasteiger partial charge in [0.2, 0.25) is 0 Å². The van der Waals surface area contributed by atoms with Gasteiger partial charge >= 0.3 is 5.97 Å². The summed E-state index contributed by atoms with van der Waals surface area (Å²) >= 11 is 0. The lowest BCUT2D eigenvalue weighted by Crippen LogP contribution is -2.25. The van der Waals surface area contributed by atoms with Crippen LogP contribution in [0.3, 0.4) is 0 Å². The minimum absolute atomic E-state index is 0.0474. The maximum atomic E-state index is 11.5. The Bertz CT molecular complexity index is 272. The maximum Gasteiger partial charge on any atom is 0.316 e. The molecule has 0 aliphatic heterocycles. The number of hydrogen-bond donors (Lipinski definition) is 0. The Morgan fingerprint density at radius 3 is 3.08 bits per heavy atom. The fraction of sp³-hybridized carbons (Fsp3) is 0.600. The molecule has 1 saturated carbocycles. The van der Waals surface area contributed by atoms with E-state index in [2.05, 4.69) is 10.8 Å². The highest BCUT2D eigenvalue weighted by Crippen LogP contribution is 2.42. The molecule has 3 atom stereocenters. The molecule has 0 N–H and O–H groups in total. The summed E-state index contributed by atoms with van der Waals surface area (Å²) in [7, 11) is 1.33. The fourth-order valence-corrected chi connectivity index (χ4v) is 2.34. The van der Waals surface area contributed by atoms with E-state index in [1.807, 2.05) is 6.08 Å². The van der Waals surface area contributed by atoms with Gasteiger partial charge in [-0.2, -0.15) is 0 Å². The van der Waals surface area contributed by atoms with Crippen LogP contribution in [0.2, 0.25) is 0 Å². The lowest BCUT2D eigenvalue weighted by Gasteiger charge is -2.12. The predicted octanol–water partition coefficient (Wildman–Crippen LogP) is 0.941. The van der Waals surface area contributed by atoms with Crippen molar-refractivity contribution >= 4 is 11.8 Å². The second-order valence-electron chi connectivity index (χ2n) is 3.67. The van der Waals surface area contributed by atoms with E-state index in [9.17, 15) is 9.59 Å². The molecule has 2 aliphatic carbocycles. The zero-order chi connectivity index (χ0) is 9.42. The van der Waals surface area contributed by atoms with Crippen molar-refractivity contribution in [2.45, 2.75) is 12.8 Å². The molecule has 2 rings (SSSR count). The number of Topliss-reactive ketones (excluding diaryl/α,β-unsaturated/α-hetero) is 1. The highest BCUT2D eigenvalue weighted by Gasteiger charge is 2.46. The molecule has 0 aromatic rings. The van der Waals surface area contributed by atoms with Gasteiger partial charge in [0.05, 0.1) is 7.11 Å². The predicted molar refractivity (Wildman–Crippen MR) is 45.9 cm³/mol. The highest BCUT2D eigenvalue weighted by atomic mass is 16.5. The van der Waals surface area contributed by atoms with Crippen LogP contribution in [0.4, 0.5) is 0 Å². The third-order valence-corrected chi connectivity index (χ3v) is 2.99. The summed E-state index contributed by atoms with van der Waals surface area (Å²) in [5.74, 6) is -0.374. The van der Waals surface area contributed by atoms with E-state index >= 15 is 0 Å². The maximum absolute atomic E-state index is 11.5. The van der Waals surface area contributed by atoms with E-state index in [-0.39, 0.29) is 17.7 Å². The first-order valence-electron chi connectivity index (χ1n) is 4.51. The molecule has 0 aromatic heterocycles. The number of esters is 1. The zero-order valence-corrected chi connectivity index (χ0v) is 7.53. The molecular formula is C10H12O3. The van der Waals surface area contributed by atoms with Gasteiger partial charge in [-0.1, -0.05) is 12.2 Å². The van der Waals surface area contributed by atoms with E-state index in [1.54, 1.807) is 0 Å². The average Bonchev–Trinajstić information content (AvgIpc) is 2.62. The van der Waals surface area contributed by atoms with Crippen molar-refractivity contribution in [1.29, 1.82) is 0 Å². The molecule has 0 bridgehead atoms. The third kappa shape index (κ3) is 1.19. The number of hydrogen-bond acceptors (Lipinski definition) is 3. The van der Waals surface area contributed by atoms with Crippen LogP contribution in [0, 0.1) is 17.8 Å². The SMILES string of the molecule is COC(=O)C1C(=O)C[C@@H]2CC=C[C@H]12. The summed E-state index contributed by atoms with van der Waals surface area (Å²) in [5.41, 5.74) is 0. The Hall–Kier alpha value is -1.12. The van der Waals surface area contributed by atoms with Crippen LogP contribution in [0.25, 0.3) is 0 Å². The number of fused-ring (bicyclic) bond motifs is 1. The lowest BCUT2D eigenvalue weighted by molar-refractivity contribution is -0.149. The molecular weight excluding hydrogens is 168 g/mol. The highest BCUT2D eigenvalue weighted by molar-refractivity contribution is 6.01. The number of ether oxygens (including phenoxy) is 1. The van der Waals surface area contributed by atoms with Crippen LogP contribution in [0.15, 0.2) is 12.2 Å². The number of ketones is 1. The van der Waals surface area contributed by atoms with Crippen molar-refractivity contribution in [3.8, 4) is 0 Å². The van der Waals surface area contributed by atoms with Crippen molar-refractivity contribution in [3.63, 3.8) is 0 Å². The Balaban J connectivity index is 2.21. The smallest absolute Gasteiger partial charge is 0.316 e. The molecule has 2 aliphatic rings. The summed E-state index contributed by atoms with van der Waals surface area (Å²) < 4.78 is 4.62. The van der Waals surface area contributed by atoms with E-state index in [0.29, 0.717) is 12.3 Å². The van der Waals surface area contributed by atoms with Crippen LogP contribution in [-0.4, -0.2) is 18.9 Å². The number of carbonyl (C=O) groups is 2. The lowest BCUT2D eigenvalue weighted by atomic mass is 9.92. The third-order valence-electron chi connectivity index (χ3n) is 2.99. The first kappa shape index (κ1) is 8.48. The Morgan fingerprint density at radius 2 is 2.38 bits per heavy atom.